The molecule has 6 nitrogen and oxygen atoms in total. The fourth-order valence-corrected chi connectivity index (χ4v) is 4.77. The molecule has 0 amide bonds. The van der Waals surface area contributed by atoms with Crippen molar-refractivity contribution in [1.29, 1.82) is 0 Å². The average Bonchev–Trinajstić information content (AvgIpc) is 2.33. The van der Waals surface area contributed by atoms with Gasteiger partial charge in [-0.2, -0.15) is 4.31 Å². The zero-order valence-electron chi connectivity index (χ0n) is 10.2. The van der Waals surface area contributed by atoms with Crippen molar-refractivity contribution in [2.24, 2.45) is 0 Å². The van der Waals surface area contributed by atoms with Crippen molar-refractivity contribution >= 4 is 25.5 Å². The predicted molar refractivity (Wildman–Crippen MR) is 68.2 cm³/mol. The van der Waals surface area contributed by atoms with E-state index in [0.717, 1.165) is 4.31 Å². The van der Waals surface area contributed by atoms with Gasteiger partial charge >= 0.3 is 0 Å². The van der Waals surface area contributed by atoms with E-state index in [-0.39, 0.29) is 24.6 Å². The highest BCUT2D eigenvalue weighted by molar-refractivity contribution is 7.92. The van der Waals surface area contributed by atoms with Gasteiger partial charge in [-0.25, -0.2) is 25.6 Å². The fraction of sp³-hybridized carbons (Fsp3) is 0.400. The van der Waals surface area contributed by atoms with Crippen LogP contribution in [0.25, 0.3) is 0 Å². The number of hydrogen-bond acceptors (Lipinski definition) is 5. The molecular weight excluding hydrogens is 314 g/mol. The third-order valence-corrected chi connectivity index (χ3v) is 6.50. The third kappa shape index (κ3) is 2.76. The minimum Gasteiger partial charge on any atom is -0.396 e. The number of benzene rings is 1. The minimum atomic E-state index is -4.23. The smallest absolute Gasteiger partial charge is 0.246 e. The molecule has 0 radical (unpaired) electrons. The topological polar surface area (TPSA) is 97.5 Å². The lowest BCUT2D eigenvalue weighted by atomic mass is 10.3. The van der Waals surface area contributed by atoms with Gasteiger partial charge in [-0.3, -0.25) is 0 Å². The quantitative estimate of drug-likeness (QED) is 0.770. The first-order valence-corrected chi connectivity index (χ1v) is 8.85. The van der Waals surface area contributed by atoms with Crippen molar-refractivity contribution in [2.75, 3.05) is 30.3 Å². The molecular formula is C10H12F2N2O4S2. The summed E-state index contributed by atoms with van der Waals surface area (Å²) in [7, 11) is -7.50. The lowest BCUT2D eigenvalue weighted by Crippen LogP contribution is -2.43. The predicted octanol–water partition coefficient (Wildman–Crippen LogP) is -0.0339. The Balaban J connectivity index is 2.39. The van der Waals surface area contributed by atoms with E-state index in [4.69, 9.17) is 5.73 Å². The molecule has 1 aliphatic heterocycles. The number of hydrogen-bond donors (Lipinski definition) is 1. The summed E-state index contributed by atoms with van der Waals surface area (Å²) >= 11 is 0. The maximum atomic E-state index is 13.6. The molecule has 2 rings (SSSR count). The molecule has 20 heavy (non-hydrogen) atoms. The zero-order chi connectivity index (χ0) is 15.1. The second kappa shape index (κ2) is 4.93. The Kier molecular flexibility index (Phi) is 3.73. The van der Waals surface area contributed by atoms with Crippen LogP contribution in [0.4, 0.5) is 14.5 Å². The van der Waals surface area contributed by atoms with Crippen LogP contribution in [0.1, 0.15) is 0 Å². The molecule has 0 spiro atoms. The van der Waals surface area contributed by atoms with Gasteiger partial charge in [-0.1, -0.05) is 0 Å². The van der Waals surface area contributed by atoms with Gasteiger partial charge in [0.15, 0.2) is 9.84 Å². The van der Waals surface area contributed by atoms with Crippen LogP contribution in [0.5, 0.6) is 0 Å². The Bertz CT molecular complexity index is 733. The summed E-state index contributed by atoms with van der Waals surface area (Å²) in [5.74, 6) is -2.97. The monoisotopic (exact) mass is 326 g/mol. The minimum absolute atomic E-state index is 0.263. The van der Waals surface area contributed by atoms with Crippen LogP contribution in [-0.4, -0.2) is 45.7 Å². The van der Waals surface area contributed by atoms with Crippen molar-refractivity contribution in [3.05, 3.63) is 23.8 Å². The largest absolute Gasteiger partial charge is 0.396 e. The molecule has 0 atom stereocenters. The second-order valence-corrected chi connectivity index (χ2v) is 8.57. The molecule has 1 fully saturated rings. The number of anilines is 1. The molecule has 0 aromatic heterocycles. The Morgan fingerprint density at radius 3 is 2.20 bits per heavy atom. The van der Waals surface area contributed by atoms with Gasteiger partial charge in [0.1, 0.15) is 16.5 Å². The number of nitrogens with zero attached hydrogens (tertiary/aromatic N) is 1. The van der Waals surface area contributed by atoms with Crippen LogP contribution in [0.15, 0.2) is 17.0 Å². The summed E-state index contributed by atoms with van der Waals surface area (Å²) in [6.07, 6.45) is 0. The summed E-state index contributed by atoms with van der Waals surface area (Å²) in [6.45, 7) is -0.525. The van der Waals surface area contributed by atoms with E-state index in [0.29, 0.717) is 12.1 Å². The number of sulfone groups is 1. The molecule has 112 valence electrons. The standard InChI is InChI=1S/C10H12F2N2O4S2/c11-7-5-8(12)10(6-9(7)13)20(17,18)14-1-3-19(15,16)4-2-14/h5-6H,1-4,13H2. The van der Waals surface area contributed by atoms with Crippen molar-refractivity contribution in [3.8, 4) is 0 Å². The number of rotatable bonds is 2. The molecule has 1 aromatic carbocycles. The van der Waals surface area contributed by atoms with Crippen LogP contribution in [0, 0.1) is 11.6 Å². The van der Waals surface area contributed by atoms with Crippen molar-refractivity contribution in [2.45, 2.75) is 4.90 Å². The van der Waals surface area contributed by atoms with Crippen LogP contribution < -0.4 is 5.73 Å². The number of nitrogen functional groups attached to an aromatic ring is 1. The highest BCUT2D eigenvalue weighted by Gasteiger charge is 2.33. The maximum absolute atomic E-state index is 13.6. The van der Waals surface area contributed by atoms with Gasteiger partial charge in [-0.15, -0.1) is 0 Å². The highest BCUT2D eigenvalue weighted by atomic mass is 32.2. The molecule has 1 heterocycles. The Labute approximate surface area is 115 Å². The van der Waals surface area contributed by atoms with E-state index < -0.39 is 42.1 Å². The van der Waals surface area contributed by atoms with E-state index >= 15 is 0 Å². The zero-order valence-corrected chi connectivity index (χ0v) is 11.8. The van der Waals surface area contributed by atoms with E-state index in [1.54, 1.807) is 0 Å². The molecule has 0 bridgehead atoms. The first-order chi connectivity index (χ1) is 9.13. The normalized spacial score (nSPS) is 19.9. The first-order valence-electron chi connectivity index (χ1n) is 5.58. The van der Waals surface area contributed by atoms with Gasteiger partial charge in [0.25, 0.3) is 0 Å². The van der Waals surface area contributed by atoms with Crippen LogP contribution >= 0.6 is 0 Å². The molecule has 0 unspecified atom stereocenters. The summed E-state index contributed by atoms with van der Waals surface area (Å²) in [5.41, 5.74) is 4.75. The Morgan fingerprint density at radius 2 is 1.65 bits per heavy atom. The Hall–Kier alpha value is -1.26. The average molecular weight is 326 g/mol. The van der Waals surface area contributed by atoms with Crippen molar-refractivity contribution in [1.82, 2.24) is 4.31 Å². The van der Waals surface area contributed by atoms with Crippen molar-refractivity contribution in [3.63, 3.8) is 0 Å². The van der Waals surface area contributed by atoms with Gasteiger partial charge in [0.2, 0.25) is 10.0 Å². The number of halogens is 2. The van der Waals surface area contributed by atoms with E-state index in [1.165, 1.54) is 0 Å². The first kappa shape index (κ1) is 15.1. The summed E-state index contributed by atoms with van der Waals surface area (Å²) in [4.78, 5) is -0.754. The van der Waals surface area contributed by atoms with Gasteiger partial charge < -0.3 is 5.73 Å². The SMILES string of the molecule is Nc1cc(S(=O)(=O)N2CCS(=O)(=O)CC2)c(F)cc1F. The van der Waals surface area contributed by atoms with E-state index in [9.17, 15) is 25.6 Å². The van der Waals surface area contributed by atoms with Crippen LogP contribution in [-0.2, 0) is 19.9 Å². The molecule has 2 N–H and O–H groups in total. The lowest BCUT2D eigenvalue weighted by molar-refractivity contribution is 0.426. The molecule has 1 aromatic rings. The second-order valence-electron chi connectivity index (χ2n) is 4.36. The van der Waals surface area contributed by atoms with E-state index in [1.807, 2.05) is 0 Å². The third-order valence-electron chi connectivity index (χ3n) is 2.97. The van der Waals surface area contributed by atoms with Crippen LogP contribution in [0.3, 0.4) is 0 Å². The molecule has 1 saturated heterocycles. The molecule has 0 saturated carbocycles. The molecule has 1 aliphatic rings. The van der Waals surface area contributed by atoms with E-state index in [2.05, 4.69) is 0 Å². The van der Waals surface area contributed by atoms with Crippen LogP contribution in [0.2, 0.25) is 0 Å². The summed E-state index contributed by atoms with van der Waals surface area (Å²) < 4.78 is 74.4. The summed E-state index contributed by atoms with van der Waals surface area (Å²) in [5, 5.41) is 0. The number of sulfonamides is 1. The lowest BCUT2D eigenvalue weighted by Gasteiger charge is -2.26. The highest BCUT2D eigenvalue weighted by Crippen LogP contribution is 2.25. The van der Waals surface area contributed by atoms with Crippen molar-refractivity contribution < 1.29 is 25.6 Å². The van der Waals surface area contributed by atoms with Gasteiger partial charge in [0, 0.05) is 19.2 Å². The number of nitrogens with two attached hydrogens (primary N) is 1. The summed E-state index contributed by atoms with van der Waals surface area (Å²) in [6, 6.07) is 1.09. The Morgan fingerprint density at radius 1 is 1.10 bits per heavy atom. The maximum Gasteiger partial charge on any atom is 0.246 e. The molecule has 0 aliphatic carbocycles. The molecule has 10 heteroatoms. The van der Waals surface area contributed by atoms with Gasteiger partial charge in [-0.05, 0) is 6.07 Å². The fourth-order valence-electron chi connectivity index (χ4n) is 1.82. The van der Waals surface area contributed by atoms with Gasteiger partial charge in [0.05, 0.1) is 17.2 Å².